The van der Waals surface area contributed by atoms with E-state index < -0.39 is 6.29 Å². The van der Waals surface area contributed by atoms with E-state index in [0.29, 0.717) is 13.2 Å². The average Bonchev–Trinajstić information content (AvgIpc) is 3.25. The van der Waals surface area contributed by atoms with E-state index in [2.05, 4.69) is 10.3 Å². The first-order valence-electron chi connectivity index (χ1n) is 8.65. The molecule has 0 fully saturated rings. The predicted octanol–water partition coefficient (Wildman–Crippen LogP) is 2.74. The van der Waals surface area contributed by atoms with Crippen molar-refractivity contribution in [3.63, 3.8) is 0 Å². The van der Waals surface area contributed by atoms with Gasteiger partial charge in [-0.15, -0.1) is 11.3 Å². The number of methoxy groups -OCH3 is 2. The lowest BCUT2D eigenvalue weighted by Crippen LogP contribution is -2.35. The number of hydrogen-bond acceptors (Lipinski definition) is 6. The van der Waals surface area contributed by atoms with Crippen LogP contribution < -0.4 is 10.1 Å². The van der Waals surface area contributed by atoms with Gasteiger partial charge in [0, 0.05) is 37.1 Å². The van der Waals surface area contributed by atoms with E-state index in [-0.39, 0.29) is 12.3 Å². The summed E-state index contributed by atoms with van der Waals surface area (Å²) in [6.07, 6.45) is 1.77. The van der Waals surface area contributed by atoms with Gasteiger partial charge in [0.15, 0.2) is 11.3 Å². The van der Waals surface area contributed by atoms with Crippen LogP contribution in [0.3, 0.4) is 0 Å². The van der Waals surface area contributed by atoms with Gasteiger partial charge >= 0.3 is 0 Å². The number of carbonyl (C=O) groups excluding carboxylic acids is 1. The number of carbonyl (C=O) groups is 1. The van der Waals surface area contributed by atoms with Crippen molar-refractivity contribution in [3.05, 3.63) is 41.5 Å². The highest BCUT2D eigenvalue weighted by Gasteiger charge is 2.14. The van der Waals surface area contributed by atoms with Crippen LogP contribution in [0.15, 0.2) is 35.8 Å². The lowest BCUT2D eigenvalue weighted by Gasteiger charge is -2.13. The molecule has 0 unspecified atom stereocenters. The number of rotatable bonds is 9. The fraction of sp³-hybridized carbons (Fsp3) is 0.368. The van der Waals surface area contributed by atoms with Crippen LogP contribution in [0.1, 0.15) is 12.6 Å². The molecule has 0 saturated heterocycles. The summed E-state index contributed by atoms with van der Waals surface area (Å²) in [4.78, 5) is 17.7. The normalized spacial score (nSPS) is 11.3. The maximum Gasteiger partial charge on any atom is 0.226 e. The van der Waals surface area contributed by atoms with Gasteiger partial charge in [0.1, 0.15) is 5.75 Å². The highest BCUT2D eigenvalue weighted by molar-refractivity contribution is 7.15. The van der Waals surface area contributed by atoms with Gasteiger partial charge in [0.25, 0.3) is 0 Å². The minimum absolute atomic E-state index is 0.0925. The van der Waals surface area contributed by atoms with Crippen molar-refractivity contribution in [2.24, 2.45) is 0 Å². The predicted molar refractivity (Wildman–Crippen MR) is 104 cm³/mol. The van der Waals surface area contributed by atoms with Gasteiger partial charge in [-0.25, -0.2) is 4.98 Å². The molecule has 0 aliphatic heterocycles. The Morgan fingerprint density at radius 2 is 2.00 bits per heavy atom. The molecule has 0 bridgehead atoms. The maximum absolute atomic E-state index is 12.2. The highest BCUT2D eigenvalue weighted by Crippen LogP contribution is 2.25. The van der Waals surface area contributed by atoms with E-state index >= 15 is 0 Å². The number of thiazole rings is 1. The number of nitrogens with zero attached hydrogens (tertiary/aromatic N) is 2. The Balaban J connectivity index is 1.70. The molecule has 0 aliphatic carbocycles. The number of benzene rings is 1. The third kappa shape index (κ3) is 4.65. The molecule has 1 aromatic carbocycles. The van der Waals surface area contributed by atoms with Crippen LogP contribution in [0.25, 0.3) is 16.2 Å². The van der Waals surface area contributed by atoms with Crippen LogP contribution >= 0.6 is 11.3 Å². The first-order chi connectivity index (χ1) is 13.1. The summed E-state index contributed by atoms with van der Waals surface area (Å²) in [7, 11) is 3.08. The lowest BCUT2D eigenvalue weighted by atomic mass is 10.1. The molecule has 8 heteroatoms. The third-order valence-corrected chi connectivity index (χ3v) is 4.97. The molecule has 0 spiro atoms. The topological polar surface area (TPSA) is 74.1 Å². The largest absolute Gasteiger partial charge is 0.494 e. The van der Waals surface area contributed by atoms with Crippen molar-refractivity contribution < 1.29 is 19.0 Å². The second kappa shape index (κ2) is 8.98. The third-order valence-electron chi connectivity index (χ3n) is 4.08. The van der Waals surface area contributed by atoms with Gasteiger partial charge in [-0.2, -0.15) is 0 Å². The smallest absolute Gasteiger partial charge is 0.226 e. The molecule has 0 aliphatic rings. The molecule has 1 amide bonds. The van der Waals surface area contributed by atoms with Crippen molar-refractivity contribution in [2.75, 3.05) is 27.4 Å². The quantitative estimate of drug-likeness (QED) is 0.570. The van der Waals surface area contributed by atoms with E-state index in [9.17, 15) is 4.79 Å². The molecule has 0 saturated carbocycles. The molecule has 3 aromatic rings. The first kappa shape index (κ1) is 19.3. The molecule has 0 atom stereocenters. The molecular weight excluding hydrogens is 366 g/mol. The Hall–Kier alpha value is -2.42. The fourth-order valence-electron chi connectivity index (χ4n) is 2.67. The second-order valence-electron chi connectivity index (χ2n) is 5.84. The van der Waals surface area contributed by atoms with Crippen LogP contribution in [-0.2, 0) is 20.7 Å². The molecule has 27 heavy (non-hydrogen) atoms. The Morgan fingerprint density at radius 3 is 2.67 bits per heavy atom. The Kier molecular flexibility index (Phi) is 6.44. The van der Waals surface area contributed by atoms with Gasteiger partial charge in [0.05, 0.1) is 25.3 Å². The Morgan fingerprint density at radius 1 is 1.26 bits per heavy atom. The summed E-state index contributed by atoms with van der Waals surface area (Å²) < 4.78 is 17.6. The van der Waals surface area contributed by atoms with Crippen LogP contribution in [0, 0.1) is 0 Å². The van der Waals surface area contributed by atoms with Crippen molar-refractivity contribution in [2.45, 2.75) is 19.6 Å². The zero-order valence-corrected chi connectivity index (χ0v) is 16.4. The molecule has 2 aromatic heterocycles. The van der Waals surface area contributed by atoms with Crippen LogP contribution in [0.4, 0.5) is 0 Å². The molecule has 3 rings (SSSR count). The van der Waals surface area contributed by atoms with Crippen molar-refractivity contribution in [1.29, 1.82) is 0 Å². The number of fused-ring (bicyclic) bond motifs is 1. The standard InChI is InChI=1S/C19H23N3O4S/c1-4-26-15-7-5-13(6-8-15)16-11-22-14(12-27-19(22)21-16)9-17(23)20-10-18(24-2)25-3/h5-8,11-12,18H,4,9-10H2,1-3H3,(H,20,23). The molecule has 0 radical (unpaired) electrons. The average molecular weight is 389 g/mol. The highest BCUT2D eigenvalue weighted by atomic mass is 32.1. The molecule has 2 heterocycles. The number of ether oxygens (including phenoxy) is 3. The minimum Gasteiger partial charge on any atom is -0.494 e. The number of amides is 1. The van der Waals surface area contributed by atoms with Crippen molar-refractivity contribution in [1.82, 2.24) is 14.7 Å². The first-order valence-corrected chi connectivity index (χ1v) is 9.53. The summed E-state index contributed by atoms with van der Waals surface area (Å²) in [6.45, 7) is 2.90. The van der Waals surface area contributed by atoms with E-state index in [0.717, 1.165) is 27.7 Å². The zero-order chi connectivity index (χ0) is 19.2. The summed E-state index contributed by atoms with van der Waals surface area (Å²) >= 11 is 1.51. The fourth-order valence-corrected chi connectivity index (χ4v) is 3.54. The van der Waals surface area contributed by atoms with Crippen LogP contribution in [-0.4, -0.2) is 49.0 Å². The minimum atomic E-state index is -0.448. The Labute approximate surface area is 161 Å². The summed E-state index contributed by atoms with van der Waals surface area (Å²) in [5.74, 6) is 0.746. The number of aromatic nitrogens is 2. The lowest BCUT2D eigenvalue weighted by molar-refractivity contribution is -0.126. The number of nitrogens with one attached hydrogen (secondary N) is 1. The van der Waals surface area contributed by atoms with Gasteiger partial charge < -0.3 is 19.5 Å². The molecular formula is C19H23N3O4S. The summed E-state index contributed by atoms with van der Waals surface area (Å²) in [5.41, 5.74) is 2.77. The Bertz CT molecular complexity index is 884. The van der Waals surface area contributed by atoms with Gasteiger partial charge in [-0.05, 0) is 31.2 Å². The molecule has 7 nitrogen and oxygen atoms in total. The van der Waals surface area contributed by atoms with Gasteiger partial charge in [0.2, 0.25) is 5.91 Å². The van der Waals surface area contributed by atoms with E-state index in [1.807, 2.05) is 47.2 Å². The van der Waals surface area contributed by atoms with Crippen LogP contribution in [0.5, 0.6) is 5.75 Å². The van der Waals surface area contributed by atoms with Gasteiger partial charge in [-0.3, -0.25) is 9.20 Å². The van der Waals surface area contributed by atoms with Crippen LogP contribution in [0.2, 0.25) is 0 Å². The maximum atomic E-state index is 12.2. The summed E-state index contributed by atoms with van der Waals surface area (Å²) in [5, 5.41) is 4.76. The second-order valence-corrected chi connectivity index (χ2v) is 6.68. The number of imidazole rings is 1. The van der Waals surface area contributed by atoms with Gasteiger partial charge in [-0.1, -0.05) is 0 Å². The van der Waals surface area contributed by atoms with Crippen molar-refractivity contribution >= 4 is 22.2 Å². The number of hydrogen-bond donors (Lipinski definition) is 1. The van der Waals surface area contributed by atoms with E-state index in [1.165, 1.54) is 25.6 Å². The van der Waals surface area contributed by atoms with E-state index in [4.69, 9.17) is 14.2 Å². The molecule has 1 N–H and O–H groups in total. The molecule has 144 valence electrons. The van der Waals surface area contributed by atoms with E-state index in [1.54, 1.807) is 0 Å². The zero-order valence-electron chi connectivity index (χ0n) is 15.6. The monoisotopic (exact) mass is 389 g/mol. The SMILES string of the molecule is CCOc1ccc(-c2cn3c(CC(=O)NCC(OC)OC)csc3n2)cc1. The van der Waals surface area contributed by atoms with Crippen molar-refractivity contribution in [3.8, 4) is 17.0 Å². The summed E-state index contributed by atoms with van der Waals surface area (Å²) in [6, 6.07) is 7.84.